The van der Waals surface area contributed by atoms with Crippen LogP contribution in [0.1, 0.15) is 59.5 Å². The molecular weight excluding hydrogens is 480 g/mol. The maximum Gasteiger partial charge on any atom is 0.312 e. The molecule has 36 heavy (non-hydrogen) atoms. The van der Waals surface area contributed by atoms with E-state index in [1.165, 1.54) is 16.9 Å². The summed E-state index contributed by atoms with van der Waals surface area (Å²) < 4.78 is 5.57. The fourth-order valence-corrected chi connectivity index (χ4v) is 5.85. The number of cyclic esters (lactones) is 1. The molecule has 2 aliphatic heterocycles. The fourth-order valence-electron chi connectivity index (χ4n) is 5.08. The lowest BCUT2D eigenvalue weighted by molar-refractivity contribution is -0.165. The van der Waals surface area contributed by atoms with Crippen LogP contribution in [0.3, 0.4) is 0 Å². The maximum atomic E-state index is 13.3. The monoisotopic (exact) mass is 516 g/mol. The Kier molecular flexibility index (Phi) is 9.05. The van der Waals surface area contributed by atoms with Crippen molar-refractivity contribution in [2.45, 2.75) is 64.2 Å². The SMILES string of the molecule is Cc1ncsc1C(=O)N1CCCCC2(CCN(Cc3ccncc3)CC2)C(=O)OC[C@@H](O)[C@@H](O)CC1. The molecule has 196 valence electrons. The zero-order chi connectivity index (χ0) is 25.5. The standard InChI is InChI=1S/C26H36N4O5S/c1-19-23(36-18-28-19)24(33)30-12-3-2-7-26(25(34)35-17-22(32)21(31)6-13-30)8-14-29(15-9-26)16-20-4-10-27-11-5-20/h4-5,10-11,18,21-22,31-32H,2-3,6-9,12-17H2,1H3/t21-,22+/m0/s1. The average Bonchev–Trinajstić information content (AvgIpc) is 3.33. The van der Waals surface area contributed by atoms with Crippen LogP contribution in [0.2, 0.25) is 0 Å². The third kappa shape index (κ3) is 6.47. The van der Waals surface area contributed by atoms with E-state index in [1.807, 2.05) is 19.1 Å². The number of thiazole rings is 1. The third-order valence-electron chi connectivity index (χ3n) is 7.49. The molecule has 0 saturated carbocycles. The minimum absolute atomic E-state index is 0.0991. The van der Waals surface area contributed by atoms with Crippen molar-refractivity contribution in [2.24, 2.45) is 5.41 Å². The number of carbonyl (C=O) groups is 2. The minimum Gasteiger partial charge on any atom is -0.462 e. The van der Waals surface area contributed by atoms with Crippen LogP contribution in [0.25, 0.3) is 0 Å². The van der Waals surface area contributed by atoms with Gasteiger partial charge in [-0.15, -0.1) is 11.3 Å². The van der Waals surface area contributed by atoms with E-state index >= 15 is 0 Å². The molecule has 2 N–H and O–H groups in total. The molecule has 2 fully saturated rings. The number of ether oxygens (including phenoxy) is 1. The molecular formula is C26H36N4O5S. The summed E-state index contributed by atoms with van der Waals surface area (Å²) in [5, 5.41) is 20.9. The van der Waals surface area contributed by atoms with Crippen molar-refractivity contribution in [3.63, 3.8) is 0 Å². The summed E-state index contributed by atoms with van der Waals surface area (Å²) in [6.07, 6.45) is 5.07. The lowest BCUT2D eigenvalue weighted by Crippen LogP contribution is -2.45. The summed E-state index contributed by atoms with van der Waals surface area (Å²) in [4.78, 5) is 39.4. The smallest absolute Gasteiger partial charge is 0.312 e. The first-order chi connectivity index (χ1) is 17.4. The second-order valence-corrected chi connectivity index (χ2v) is 10.8. The molecule has 1 amide bonds. The topological polar surface area (TPSA) is 116 Å². The molecule has 0 unspecified atom stereocenters. The van der Waals surface area contributed by atoms with Crippen LogP contribution in [0, 0.1) is 12.3 Å². The fraction of sp³-hybridized carbons (Fsp3) is 0.615. The number of carbonyl (C=O) groups excluding carboxylic acids is 2. The van der Waals surface area contributed by atoms with Gasteiger partial charge in [0.05, 0.1) is 22.7 Å². The van der Waals surface area contributed by atoms with Crippen molar-refractivity contribution in [3.05, 3.63) is 46.2 Å². The van der Waals surface area contributed by atoms with Gasteiger partial charge in [-0.05, 0) is 69.8 Å². The average molecular weight is 517 g/mol. The van der Waals surface area contributed by atoms with Crippen LogP contribution in [0.15, 0.2) is 30.0 Å². The largest absolute Gasteiger partial charge is 0.462 e. The van der Waals surface area contributed by atoms with Gasteiger partial charge >= 0.3 is 5.97 Å². The number of amides is 1. The van der Waals surface area contributed by atoms with Crippen molar-refractivity contribution in [1.29, 1.82) is 0 Å². The van der Waals surface area contributed by atoms with Crippen molar-refractivity contribution in [1.82, 2.24) is 19.8 Å². The number of hydrogen-bond acceptors (Lipinski definition) is 9. The van der Waals surface area contributed by atoms with Crippen LogP contribution in [0.4, 0.5) is 0 Å². The Balaban J connectivity index is 1.43. The quantitative estimate of drug-likeness (QED) is 0.598. The summed E-state index contributed by atoms with van der Waals surface area (Å²) >= 11 is 1.32. The van der Waals surface area contributed by atoms with Crippen LogP contribution >= 0.6 is 11.3 Å². The van der Waals surface area contributed by atoms with E-state index in [0.29, 0.717) is 42.9 Å². The Hall–Kier alpha value is -2.40. The molecule has 9 nitrogen and oxygen atoms in total. The number of piperidine rings is 1. The van der Waals surface area contributed by atoms with E-state index in [4.69, 9.17) is 4.74 Å². The van der Waals surface area contributed by atoms with Gasteiger partial charge in [0.1, 0.15) is 17.6 Å². The molecule has 2 aromatic heterocycles. The first kappa shape index (κ1) is 26.7. The number of aromatic nitrogens is 2. The maximum absolute atomic E-state index is 13.3. The van der Waals surface area contributed by atoms with E-state index in [1.54, 1.807) is 22.8 Å². The molecule has 0 aliphatic carbocycles. The van der Waals surface area contributed by atoms with Gasteiger partial charge in [0.15, 0.2) is 0 Å². The van der Waals surface area contributed by atoms with Gasteiger partial charge < -0.3 is 19.8 Å². The Morgan fingerprint density at radius 1 is 1.11 bits per heavy atom. The van der Waals surface area contributed by atoms with Gasteiger partial charge in [0.2, 0.25) is 0 Å². The molecule has 2 saturated heterocycles. The summed E-state index contributed by atoms with van der Waals surface area (Å²) in [5.74, 6) is -0.386. The Morgan fingerprint density at radius 3 is 2.56 bits per heavy atom. The molecule has 0 aromatic carbocycles. The molecule has 0 radical (unpaired) electrons. The van der Waals surface area contributed by atoms with Crippen molar-refractivity contribution >= 4 is 23.2 Å². The van der Waals surface area contributed by atoms with E-state index in [9.17, 15) is 19.8 Å². The van der Waals surface area contributed by atoms with Crippen LogP contribution in [0.5, 0.6) is 0 Å². The van der Waals surface area contributed by atoms with Crippen molar-refractivity contribution in [3.8, 4) is 0 Å². The first-order valence-corrected chi connectivity index (χ1v) is 13.6. The highest BCUT2D eigenvalue weighted by atomic mass is 32.1. The Bertz CT molecular complexity index is 1010. The van der Waals surface area contributed by atoms with Gasteiger partial charge in [-0.2, -0.15) is 0 Å². The third-order valence-corrected chi connectivity index (χ3v) is 8.40. The molecule has 2 atom stereocenters. The highest BCUT2D eigenvalue weighted by molar-refractivity contribution is 7.11. The highest BCUT2D eigenvalue weighted by Crippen LogP contribution is 2.38. The predicted octanol–water partition coefficient (Wildman–Crippen LogP) is 2.41. The summed E-state index contributed by atoms with van der Waals surface area (Å²) in [5.41, 5.74) is 2.94. The lowest BCUT2D eigenvalue weighted by Gasteiger charge is -2.40. The molecule has 1 spiro atoms. The second-order valence-electron chi connectivity index (χ2n) is 9.95. The van der Waals surface area contributed by atoms with Crippen molar-refractivity contribution < 1.29 is 24.5 Å². The van der Waals surface area contributed by atoms with E-state index in [0.717, 1.165) is 32.5 Å². The van der Waals surface area contributed by atoms with Crippen LogP contribution < -0.4 is 0 Å². The van der Waals surface area contributed by atoms with Crippen LogP contribution in [-0.2, 0) is 16.1 Å². The highest BCUT2D eigenvalue weighted by Gasteiger charge is 2.42. The Morgan fingerprint density at radius 2 is 1.86 bits per heavy atom. The van der Waals surface area contributed by atoms with Gasteiger partial charge in [0.25, 0.3) is 5.91 Å². The summed E-state index contributed by atoms with van der Waals surface area (Å²) in [6, 6.07) is 4.01. The number of aliphatic hydroxyl groups excluding tert-OH is 2. The number of aryl methyl sites for hydroxylation is 1. The van der Waals surface area contributed by atoms with Gasteiger partial charge in [0, 0.05) is 32.0 Å². The number of nitrogens with zero attached hydrogens (tertiary/aromatic N) is 4. The van der Waals surface area contributed by atoms with Gasteiger partial charge in [-0.1, -0.05) is 6.42 Å². The zero-order valence-corrected chi connectivity index (χ0v) is 21.7. The van der Waals surface area contributed by atoms with E-state index in [2.05, 4.69) is 14.9 Å². The van der Waals surface area contributed by atoms with Crippen LogP contribution in [-0.4, -0.2) is 86.9 Å². The number of esters is 1. The lowest BCUT2D eigenvalue weighted by atomic mass is 9.74. The van der Waals surface area contributed by atoms with Crippen molar-refractivity contribution in [2.75, 3.05) is 32.8 Å². The molecule has 4 heterocycles. The molecule has 2 aromatic rings. The normalized spacial score (nSPS) is 24.4. The predicted molar refractivity (Wildman–Crippen MR) is 135 cm³/mol. The zero-order valence-electron chi connectivity index (χ0n) is 20.8. The first-order valence-electron chi connectivity index (χ1n) is 12.7. The van der Waals surface area contributed by atoms with E-state index < -0.39 is 17.6 Å². The summed E-state index contributed by atoms with van der Waals surface area (Å²) in [6.45, 7) is 4.78. The number of rotatable bonds is 3. The minimum atomic E-state index is -1.19. The number of pyridine rings is 1. The second kappa shape index (κ2) is 12.2. The molecule has 10 heteroatoms. The molecule has 2 aliphatic rings. The number of aliphatic hydroxyl groups is 2. The number of likely N-dealkylation sites (tertiary alicyclic amines) is 1. The molecule has 0 bridgehead atoms. The number of hydrogen-bond donors (Lipinski definition) is 2. The van der Waals surface area contributed by atoms with Gasteiger partial charge in [-0.25, -0.2) is 4.98 Å². The molecule has 4 rings (SSSR count). The van der Waals surface area contributed by atoms with E-state index in [-0.39, 0.29) is 24.9 Å². The Labute approximate surface area is 216 Å². The van der Waals surface area contributed by atoms with Gasteiger partial charge in [-0.3, -0.25) is 19.5 Å². The summed E-state index contributed by atoms with van der Waals surface area (Å²) in [7, 11) is 0.